The molecule has 3 atom stereocenters. The van der Waals surface area contributed by atoms with E-state index in [9.17, 15) is 14.7 Å². The van der Waals surface area contributed by atoms with Crippen molar-refractivity contribution in [2.75, 3.05) is 6.54 Å². The van der Waals surface area contributed by atoms with Gasteiger partial charge in [-0.2, -0.15) is 0 Å². The highest BCUT2D eigenvalue weighted by molar-refractivity contribution is 5.83. The van der Waals surface area contributed by atoms with Crippen LogP contribution in [0.15, 0.2) is 0 Å². The molecule has 6 heteroatoms. The first-order valence-electron chi connectivity index (χ1n) is 6.45. The molecule has 1 rings (SSSR count). The van der Waals surface area contributed by atoms with E-state index in [2.05, 4.69) is 5.32 Å². The van der Waals surface area contributed by atoms with Gasteiger partial charge in [0.15, 0.2) is 6.04 Å². The first-order valence-corrected chi connectivity index (χ1v) is 6.45. The van der Waals surface area contributed by atoms with Crippen LogP contribution in [-0.2, 0) is 4.79 Å². The number of carboxylic acid groups (broad SMARTS) is 1. The highest BCUT2D eigenvalue weighted by atomic mass is 16.4. The van der Waals surface area contributed by atoms with Crippen LogP contribution in [0.4, 0.5) is 4.79 Å². The van der Waals surface area contributed by atoms with Gasteiger partial charge in [0.05, 0.1) is 6.10 Å². The van der Waals surface area contributed by atoms with Crippen LogP contribution in [0.1, 0.15) is 39.5 Å². The van der Waals surface area contributed by atoms with E-state index in [1.54, 1.807) is 4.90 Å². The Labute approximate surface area is 107 Å². The molecule has 3 N–H and O–H groups in total. The van der Waals surface area contributed by atoms with E-state index in [1.807, 2.05) is 6.92 Å². The Morgan fingerprint density at radius 3 is 2.61 bits per heavy atom. The van der Waals surface area contributed by atoms with Crippen molar-refractivity contribution >= 4 is 12.0 Å². The van der Waals surface area contributed by atoms with Gasteiger partial charge in [0.2, 0.25) is 0 Å². The Hall–Kier alpha value is -1.30. The number of likely N-dealkylation sites (tertiary alicyclic amines) is 1. The van der Waals surface area contributed by atoms with E-state index in [0.717, 1.165) is 25.7 Å². The maximum atomic E-state index is 12.0. The molecule has 0 aliphatic carbocycles. The SMILES string of the molecule is CCC1CCCCN1C(=O)N[C@H](C(=O)O)[C@@H](C)O. The topological polar surface area (TPSA) is 89.9 Å². The molecule has 1 aliphatic heterocycles. The summed E-state index contributed by atoms with van der Waals surface area (Å²) < 4.78 is 0. The summed E-state index contributed by atoms with van der Waals surface area (Å²) in [7, 11) is 0. The number of hydrogen-bond acceptors (Lipinski definition) is 3. The minimum atomic E-state index is -1.25. The van der Waals surface area contributed by atoms with Gasteiger partial charge in [0, 0.05) is 12.6 Å². The van der Waals surface area contributed by atoms with Gasteiger partial charge < -0.3 is 20.4 Å². The quantitative estimate of drug-likeness (QED) is 0.695. The van der Waals surface area contributed by atoms with E-state index >= 15 is 0 Å². The second kappa shape index (κ2) is 6.58. The van der Waals surface area contributed by atoms with Crippen molar-refractivity contribution in [1.82, 2.24) is 10.2 Å². The summed E-state index contributed by atoms with van der Waals surface area (Å²) in [5.74, 6) is -1.22. The number of nitrogens with one attached hydrogen (secondary N) is 1. The summed E-state index contributed by atoms with van der Waals surface area (Å²) in [5.41, 5.74) is 0. The molecule has 0 aromatic heterocycles. The molecule has 18 heavy (non-hydrogen) atoms. The predicted octanol–water partition coefficient (Wildman–Crippen LogP) is 0.794. The van der Waals surface area contributed by atoms with Gasteiger partial charge in [-0.05, 0) is 32.6 Å². The van der Waals surface area contributed by atoms with Crippen LogP contribution in [0, 0.1) is 0 Å². The molecule has 0 radical (unpaired) electrons. The number of hydrogen-bond donors (Lipinski definition) is 3. The molecule has 0 bridgehead atoms. The molecule has 1 unspecified atom stereocenters. The first kappa shape index (κ1) is 14.8. The fraction of sp³-hybridized carbons (Fsp3) is 0.833. The molecule has 0 saturated carbocycles. The van der Waals surface area contributed by atoms with Crippen molar-refractivity contribution in [1.29, 1.82) is 0 Å². The zero-order chi connectivity index (χ0) is 13.7. The number of nitrogens with zero attached hydrogens (tertiary/aromatic N) is 1. The molecule has 0 aromatic carbocycles. The second-order valence-corrected chi connectivity index (χ2v) is 4.76. The van der Waals surface area contributed by atoms with Crippen LogP contribution in [0.2, 0.25) is 0 Å². The number of piperidine rings is 1. The maximum absolute atomic E-state index is 12.0. The highest BCUT2D eigenvalue weighted by Gasteiger charge is 2.30. The Morgan fingerprint density at radius 1 is 1.44 bits per heavy atom. The van der Waals surface area contributed by atoms with E-state index < -0.39 is 24.1 Å². The predicted molar refractivity (Wildman–Crippen MR) is 66.3 cm³/mol. The molecule has 1 fully saturated rings. The number of carbonyl (C=O) groups excluding carboxylic acids is 1. The molecule has 0 aromatic rings. The number of urea groups is 1. The number of aliphatic hydroxyl groups excluding tert-OH is 1. The lowest BCUT2D eigenvalue weighted by Gasteiger charge is -2.36. The van der Waals surface area contributed by atoms with Crippen LogP contribution in [0.3, 0.4) is 0 Å². The van der Waals surface area contributed by atoms with Crippen molar-refractivity contribution in [3.05, 3.63) is 0 Å². The van der Waals surface area contributed by atoms with Crippen molar-refractivity contribution in [2.24, 2.45) is 0 Å². The van der Waals surface area contributed by atoms with Crippen LogP contribution in [0.5, 0.6) is 0 Å². The number of carboxylic acids is 1. The lowest BCUT2D eigenvalue weighted by Crippen LogP contribution is -2.55. The van der Waals surface area contributed by atoms with Crippen molar-refractivity contribution in [3.8, 4) is 0 Å². The molecule has 1 aliphatic rings. The molecular formula is C12H22N2O4. The number of carbonyl (C=O) groups is 2. The third-order valence-electron chi connectivity index (χ3n) is 3.39. The maximum Gasteiger partial charge on any atom is 0.328 e. The van der Waals surface area contributed by atoms with Crippen LogP contribution >= 0.6 is 0 Å². The molecule has 1 saturated heterocycles. The molecule has 2 amide bonds. The number of aliphatic hydroxyl groups is 1. The fourth-order valence-electron chi connectivity index (χ4n) is 2.30. The number of amides is 2. The Kier molecular flexibility index (Phi) is 5.40. The van der Waals surface area contributed by atoms with Gasteiger partial charge in [-0.3, -0.25) is 0 Å². The number of rotatable bonds is 4. The average molecular weight is 258 g/mol. The Bertz CT molecular complexity index is 306. The molecular weight excluding hydrogens is 236 g/mol. The van der Waals surface area contributed by atoms with Gasteiger partial charge in [0.25, 0.3) is 0 Å². The third-order valence-corrected chi connectivity index (χ3v) is 3.39. The summed E-state index contributed by atoms with van der Waals surface area (Å²) in [4.78, 5) is 24.6. The number of aliphatic carboxylic acids is 1. The van der Waals surface area contributed by atoms with E-state index in [4.69, 9.17) is 5.11 Å². The monoisotopic (exact) mass is 258 g/mol. The minimum Gasteiger partial charge on any atom is -0.480 e. The van der Waals surface area contributed by atoms with Crippen LogP contribution in [-0.4, -0.2) is 51.8 Å². The Morgan fingerprint density at radius 2 is 2.11 bits per heavy atom. The van der Waals surface area contributed by atoms with Crippen molar-refractivity contribution < 1.29 is 19.8 Å². The third kappa shape index (κ3) is 3.60. The Balaban J connectivity index is 2.64. The lowest BCUT2D eigenvalue weighted by atomic mass is 10.0. The van der Waals surface area contributed by atoms with E-state index in [-0.39, 0.29) is 6.04 Å². The minimum absolute atomic E-state index is 0.169. The van der Waals surface area contributed by atoms with Gasteiger partial charge in [-0.15, -0.1) is 0 Å². The molecule has 1 heterocycles. The van der Waals surface area contributed by atoms with Crippen molar-refractivity contribution in [2.45, 2.75) is 57.7 Å². The lowest BCUT2D eigenvalue weighted by molar-refractivity contribution is -0.141. The second-order valence-electron chi connectivity index (χ2n) is 4.76. The largest absolute Gasteiger partial charge is 0.480 e. The van der Waals surface area contributed by atoms with Crippen molar-refractivity contribution in [3.63, 3.8) is 0 Å². The average Bonchev–Trinajstić information content (AvgIpc) is 2.34. The molecule has 6 nitrogen and oxygen atoms in total. The van der Waals surface area contributed by atoms with Gasteiger partial charge in [0.1, 0.15) is 0 Å². The zero-order valence-corrected chi connectivity index (χ0v) is 10.9. The normalized spacial score (nSPS) is 23.3. The summed E-state index contributed by atoms with van der Waals surface area (Å²) in [6, 6.07) is -1.48. The zero-order valence-electron chi connectivity index (χ0n) is 10.9. The molecule has 104 valence electrons. The van der Waals surface area contributed by atoms with Crippen LogP contribution in [0.25, 0.3) is 0 Å². The summed E-state index contributed by atoms with van der Waals surface area (Å²) >= 11 is 0. The molecule has 0 spiro atoms. The first-order chi connectivity index (χ1) is 8.47. The van der Waals surface area contributed by atoms with Crippen LogP contribution < -0.4 is 5.32 Å². The summed E-state index contributed by atoms with van der Waals surface area (Å²) in [5, 5.41) is 20.6. The highest BCUT2D eigenvalue weighted by Crippen LogP contribution is 2.19. The smallest absolute Gasteiger partial charge is 0.328 e. The standard InChI is InChI=1S/C12H22N2O4/c1-3-9-6-4-5-7-14(9)12(18)13-10(8(2)15)11(16)17/h8-10,15H,3-7H2,1-2H3,(H,13,18)(H,16,17)/t8-,9?,10+/m1/s1. The van der Waals surface area contributed by atoms with E-state index in [1.165, 1.54) is 6.92 Å². The van der Waals surface area contributed by atoms with Gasteiger partial charge in [-0.1, -0.05) is 6.92 Å². The summed E-state index contributed by atoms with van der Waals surface area (Å²) in [6.45, 7) is 4.02. The van der Waals surface area contributed by atoms with Gasteiger partial charge >= 0.3 is 12.0 Å². The fourth-order valence-corrected chi connectivity index (χ4v) is 2.30. The van der Waals surface area contributed by atoms with Gasteiger partial charge in [-0.25, -0.2) is 9.59 Å². The summed E-state index contributed by atoms with van der Waals surface area (Å²) in [6.07, 6.45) is 2.74. The van der Waals surface area contributed by atoms with E-state index in [0.29, 0.717) is 6.54 Å².